The fourth-order valence-corrected chi connectivity index (χ4v) is 3.41. The molecular formula is C21H25Cl2N3O3. The van der Waals surface area contributed by atoms with Crippen LogP contribution in [0.15, 0.2) is 42.6 Å². The highest BCUT2D eigenvalue weighted by atomic mass is 35.5. The molecule has 2 heterocycles. The third-order valence-electron chi connectivity index (χ3n) is 4.72. The molecule has 2 aromatic rings. The van der Waals surface area contributed by atoms with Gasteiger partial charge in [-0.25, -0.2) is 4.98 Å². The summed E-state index contributed by atoms with van der Waals surface area (Å²) in [5.74, 6) is 1.25. The molecule has 156 valence electrons. The summed E-state index contributed by atoms with van der Waals surface area (Å²) in [6.07, 6.45) is 4.34. The van der Waals surface area contributed by atoms with Crippen molar-refractivity contribution in [2.75, 3.05) is 32.8 Å². The summed E-state index contributed by atoms with van der Waals surface area (Å²) in [5.41, 5.74) is 0. The van der Waals surface area contributed by atoms with Crippen molar-refractivity contribution in [2.45, 2.75) is 25.3 Å². The van der Waals surface area contributed by atoms with Gasteiger partial charge in [0.05, 0.1) is 12.8 Å². The molecule has 1 aromatic heterocycles. The molecule has 0 unspecified atom stereocenters. The van der Waals surface area contributed by atoms with Crippen LogP contribution in [-0.2, 0) is 4.79 Å². The van der Waals surface area contributed by atoms with Crippen molar-refractivity contribution in [3.63, 3.8) is 0 Å². The fourth-order valence-electron chi connectivity index (χ4n) is 3.18. The Morgan fingerprint density at radius 1 is 1.07 bits per heavy atom. The van der Waals surface area contributed by atoms with E-state index < -0.39 is 0 Å². The number of likely N-dealkylation sites (tertiary alicyclic amines) is 1. The predicted octanol–water partition coefficient (Wildman–Crippen LogP) is 3.82. The number of carbonyl (C=O) groups is 1. The van der Waals surface area contributed by atoms with E-state index in [2.05, 4.69) is 15.2 Å². The van der Waals surface area contributed by atoms with Crippen LogP contribution in [0.3, 0.4) is 0 Å². The van der Waals surface area contributed by atoms with E-state index in [1.807, 2.05) is 24.3 Å². The number of amides is 1. The minimum absolute atomic E-state index is 0.0223. The lowest BCUT2D eigenvalue weighted by Gasteiger charge is -2.32. The zero-order chi connectivity index (χ0) is 20.5. The van der Waals surface area contributed by atoms with Crippen LogP contribution in [0.4, 0.5) is 0 Å². The summed E-state index contributed by atoms with van der Waals surface area (Å²) in [5, 5.41) is 4.14. The van der Waals surface area contributed by atoms with Crippen molar-refractivity contribution >= 4 is 29.1 Å². The number of hydrogen-bond acceptors (Lipinski definition) is 5. The Balaban J connectivity index is 1.26. The summed E-state index contributed by atoms with van der Waals surface area (Å²) >= 11 is 11.6. The number of halogens is 2. The van der Waals surface area contributed by atoms with Gasteiger partial charge in [0, 0.05) is 30.7 Å². The van der Waals surface area contributed by atoms with Crippen molar-refractivity contribution in [3.05, 3.63) is 52.8 Å². The molecular weight excluding hydrogens is 413 g/mol. The molecule has 1 aromatic carbocycles. The average Bonchev–Trinajstić information content (AvgIpc) is 2.73. The number of hydrogen-bond donors (Lipinski definition) is 1. The highest BCUT2D eigenvalue weighted by Crippen LogP contribution is 2.16. The predicted molar refractivity (Wildman–Crippen MR) is 114 cm³/mol. The number of pyridine rings is 1. The molecule has 0 saturated carbocycles. The molecule has 8 heteroatoms. The second-order valence-electron chi connectivity index (χ2n) is 6.94. The fraction of sp³-hybridized carbons (Fsp3) is 0.429. The van der Waals surface area contributed by atoms with Crippen molar-refractivity contribution in [2.24, 2.45) is 0 Å². The molecule has 1 N–H and O–H groups in total. The number of piperidine rings is 1. The smallest absolute Gasteiger partial charge is 0.258 e. The van der Waals surface area contributed by atoms with Gasteiger partial charge < -0.3 is 19.7 Å². The normalized spacial score (nSPS) is 15.1. The number of nitrogens with zero attached hydrogens (tertiary/aromatic N) is 2. The van der Waals surface area contributed by atoms with Gasteiger partial charge in [-0.2, -0.15) is 0 Å². The largest absolute Gasteiger partial charge is 0.494 e. The van der Waals surface area contributed by atoms with Crippen LogP contribution in [0, 0.1) is 0 Å². The first kappa shape index (κ1) is 21.7. The van der Waals surface area contributed by atoms with E-state index in [4.69, 9.17) is 32.7 Å². The van der Waals surface area contributed by atoms with Crippen LogP contribution < -0.4 is 14.8 Å². The Hall–Kier alpha value is -2.02. The second-order valence-corrected chi connectivity index (χ2v) is 7.77. The van der Waals surface area contributed by atoms with Gasteiger partial charge in [0.15, 0.2) is 6.61 Å². The van der Waals surface area contributed by atoms with E-state index in [1.54, 1.807) is 12.1 Å². The van der Waals surface area contributed by atoms with E-state index in [0.717, 1.165) is 44.6 Å². The van der Waals surface area contributed by atoms with Gasteiger partial charge in [0.25, 0.3) is 5.91 Å². The summed E-state index contributed by atoms with van der Waals surface area (Å²) < 4.78 is 11.2. The monoisotopic (exact) mass is 437 g/mol. The maximum Gasteiger partial charge on any atom is 0.258 e. The molecule has 29 heavy (non-hydrogen) atoms. The molecule has 3 rings (SSSR count). The minimum Gasteiger partial charge on any atom is -0.494 e. The Labute approximate surface area is 181 Å². The zero-order valence-corrected chi connectivity index (χ0v) is 17.7. The third kappa shape index (κ3) is 7.72. The van der Waals surface area contributed by atoms with E-state index in [-0.39, 0.29) is 18.6 Å². The van der Waals surface area contributed by atoms with Crippen LogP contribution in [0.25, 0.3) is 0 Å². The average molecular weight is 438 g/mol. The standard InChI is InChI=1S/C21H25Cl2N3O3/c22-16-2-4-18(5-3-16)28-13-1-10-26-11-8-17(9-12-26)25-21(27)15-29-19-6-7-20(23)24-14-19/h2-7,14,17H,1,8-13,15H2,(H,25,27). The van der Waals surface area contributed by atoms with E-state index in [0.29, 0.717) is 22.5 Å². The molecule has 0 radical (unpaired) electrons. The molecule has 1 fully saturated rings. The Bertz CT molecular complexity index is 764. The molecule has 1 aliphatic heterocycles. The quantitative estimate of drug-likeness (QED) is 0.477. The lowest BCUT2D eigenvalue weighted by atomic mass is 10.0. The lowest BCUT2D eigenvalue weighted by molar-refractivity contribution is -0.124. The van der Waals surface area contributed by atoms with E-state index in [1.165, 1.54) is 6.20 Å². The molecule has 1 aliphatic rings. The van der Waals surface area contributed by atoms with Crippen LogP contribution >= 0.6 is 23.2 Å². The van der Waals surface area contributed by atoms with Crippen molar-refractivity contribution in [3.8, 4) is 11.5 Å². The zero-order valence-electron chi connectivity index (χ0n) is 16.2. The minimum atomic E-state index is -0.116. The first-order valence-corrected chi connectivity index (χ1v) is 10.5. The van der Waals surface area contributed by atoms with Crippen LogP contribution in [0.2, 0.25) is 10.2 Å². The van der Waals surface area contributed by atoms with Gasteiger partial charge in [-0.05, 0) is 55.7 Å². The van der Waals surface area contributed by atoms with Gasteiger partial charge in [-0.1, -0.05) is 23.2 Å². The number of benzene rings is 1. The summed E-state index contributed by atoms with van der Waals surface area (Å²) in [6, 6.07) is 10.9. The summed E-state index contributed by atoms with van der Waals surface area (Å²) in [6.45, 7) is 3.57. The van der Waals surface area contributed by atoms with Crippen LogP contribution in [0.5, 0.6) is 11.5 Å². The second kappa shape index (κ2) is 11.2. The first-order valence-electron chi connectivity index (χ1n) is 9.73. The van der Waals surface area contributed by atoms with Crippen molar-refractivity contribution < 1.29 is 14.3 Å². The number of nitrogens with one attached hydrogen (secondary N) is 1. The van der Waals surface area contributed by atoms with Gasteiger partial charge in [0.1, 0.15) is 16.7 Å². The molecule has 0 bridgehead atoms. The van der Waals surface area contributed by atoms with Crippen molar-refractivity contribution in [1.82, 2.24) is 15.2 Å². The molecule has 1 amide bonds. The maximum absolute atomic E-state index is 12.1. The van der Waals surface area contributed by atoms with Gasteiger partial charge >= 0.3 is 0 Å². The van der Waals surface area contributed by atoms with E-state index in [9.17, 15) is 4.79 Å². The number of rotatable bonds is 9. The Morgan fingerprint density at radius 3 is 2.48 bits per heavy atom. The third-order valence-corrected chi connectivity index (χ3v) is 5.20. The lowest BCUT2D eigenvalue weighted by Crippen LogP contribution is -2.46. The highest BCUT2D eigenvalue weighted by Gasteiger charge is 2.20. The van der Waals surface area contributed by atoms with Crippen LogP contribution in [0.1, 0.15) is 19.3 Å². The van der Waals surface area contributed by atoms with Crippen LogP contribution in [-0.4, -0.2) is 54.7 Å². The molecule has 0 atom stereocenters. The number of carbonyl (C=O) groups excluding carboxylic acids is 1. The topological polar surface area (TPSA) is 63.7 Å². The summed E-state index contributed by atoms with van der Waals surface area (Å²) in [7, 11) is 0. The van der Waals surface area contributed by atoms with Crippen molar-refractivity contribution in [1.29, 1.82) is 0 Å². The van der Waals surface area contributed by atoms with Gasteiger partial charge in [0.2, 0.25) is 0 Å². The van der Waals surface area contributed by atoms with Gasteiger partial charge in [-0.15, -0.1) is 0 Å². The molecule has 6 nitrogen and oxygen atoms in total. The molecule has 1 saturated heterocycles. The van der Waals surface area contributed by atoms with Gasteiger partial charge in [-0.3, -0.25) is 4.79 Å². The van der Waals surface area contributed by atoms with E-state index >= 15 is 0 Å². The SMILES string of the molecule is O=C(COc1ccc(Cl)nc1)NC1CCN(CCCOc2ccc(Cl)cc2)CC1. The Kier molecular flexibility index (Phi) is 8.40. The Morgan fingerprint density at radius 2 is 1.79 bits per heavy atom. The maximum atomic E-state index is 12.1. The highest BCUT2D eigenvalue weighted by molar-refractivity contribution is 6.30. The number of ether oxygens (including phenoxy) is 2. The number of aromatic nitrogens is 1. The molecule has 0 spiro atoms. The summed E-state index contributed by atoms with van der Waals surface area (Å²) in [4.78, 5) is 18.4. The molecule has 0 aliphatic carbocycles. The first-order chi connectivity index (χ1) is 14.1.